The molecule has 1 aliphatic carbocycles. The van der Waals surface area contributed by atoms with Crippen LogP contribution in [0.2, 0.25) is 0 Å². The molecule has 23 heavy (non-hydrogen) atoms. The van der Waals surface area contributed by atoms with E-state index >= 15 is 0 Å². The molecule has 1 saturated heterocycles. The Balaban J connectivity index is 1.98. The third-order valence-corrected chi connectivity index (χ3v) is 7.29. The molecule has 3 atom stereocenters. The molecule has 2 heterocycles. The van der Waals surface area contributed by atoms with Crippen molar-refractivity contribution >= 4 is 15.9 Å². The van der Waals surface area contributed by atoms with Crippen LogP contribution in [0, 0.1) is 11.8 Å². The number of hydrogen-bond donors (Lipinski definition) is 1. The van der Waals surface area contributed by atoms with Crippen molar-refractivity contribution in [1.29, 1.82) is 0 Å². The summed E-state index contributed by atoms with van der Waals surface area (Å²) in [7, 11) is -1.96. The third kappa shape index (κ3) is 2.80. The second-order valence-electron chi connectivity index (χ2n) is 6.95. The average Bonchev–Trinajstić information content (AvgIpc) is 2.90. The van der Waals surface area contributed by atoms with E-state index in [0.29, 0.717) is 18.4 Å². The van der Waals surface area contributed by atoms with Gasteiger partial charge in [0, 0.05) is 25.8 Å². The highest BCUT2D eigenvalue weighted by Crippen LogP contribution is 2.41. The largest absolute Gasteiger partial charge is 0.364 e. The topological polar surface area (TPSA) is 85.4 Å². The predicted octanol–water partition coefficient (Wildman–Crippen LogP) is 1.71. The Morgan fingerprint density at radius 1 is 1.26 bits per heavy atom. The number of aromatic nitrogens is 1. The highest BCUT2D eigenvalue weighted by molar-refractivity contribution is 7.89. The zero-order valence-electron chi connectivity index (χ0n) is 13.7. The first-order valence-corrected chi connectivity index (χ1v) is 9.74. The van der Waals surface area contributed by atoms with Crippen LogP contribution in [0.3, 0.4) is 0 Å². The smallest absolute Gasteiger partial charge is 0.265 e. The predicted molar refractivity (Wildman–Crippen MR) is 87.3 cm³/mol. The van der Waals surface area contributed by atoms with E-state index in [-0.39, 0.29) is 16.6 Å². The molecule has 128 valence electrons. The Hall–Kier alpha value is -1.34. The van der Waals surface area contributed by atoms with Crippen molar-refractivity contribution in [3.8, 4) is 0 Å². The Bertz CT molecular complexity index is 708. The molecule has 0 unspecified atom stereocenters. The van der Waals surface area contributed by atoms with Gasteiger partial charge in [0.05, 0.1) is 0 Å². The van der Waals surface area contributed by atoms with Crippen molar-refractivity contribution in [2.75, 3.05) is 6.54 Å². The second-order valence-corrected chi connectivity index (χ2v) is 8.84. The lowest BCUT2D eigenvalue weighted by molar-refractivity contribution is 0.0844. The number of primary amides is 1. The summed E-state index contributed by atoms with van der Waals surface area (Å²) in [6.45, 7) is 2.72. The molecular weight excluding hydrogens is 314 g/mol. The zero-order valence-corrected chi connectivity index (χ0v) is 14.6. The van der Waals surface area contributed by atoms with Crippen LogP contribution in [0.25, 0.3) is 0 Å². The molecule has 2 aliphatic rings. The highest BCUT2D eigenvalue weighted by atomic mass is 32.2. The standard InChI is InChI=1S/C16H25N3O3S/c1-11-5-3-6-12-7-4-8-19(15(11)12)23(21,22)13-9-14(16(17)20)18(2)10-13/h9-12,15H,3-8H2,1-2H3,(H2,17,20)/t11-,12-,15-/m1/s1. The molecule has 2 fully saturated rings. The fourth-order valence-corrected chi connectivity index (χ4v) is 6.23. The number of sulfonamides is 1. The van der Waals surface area contributed by atoms with Crippen LogP contribution < -0.4 is 5.73 Å². The van der Waals surface area contributed by atoms with Crippen molar-refractivity contribution in [2.24, 2.45) is 24.6 Å². The van der Waals surface area contributed by atoms with E-state index in [4.69, 9.17) is 5.73 Å². The summed E-state index contributed by atoms with van der Waals surface area (Å²) in [4.78, 5) is 11.6. The summed E-state index contributed by atoms with van der Waals surface area (Å²) in [5, 5.41) is 0. The van der Waals surface area contributed by atoms with E-state index in [2.05, 4.69) is 6.92 Å². The van der Waals surface area contributed by atoms with Gasteiger partial charge in [-0.3, -0.25) is 4.79 Å². The molecule has 1 aliphatic heterocycles. The maximum Gasteiger partial charge on any atom is 0.265 e. The summed E-state index contributed by atoms with van der Waals surface area (Å²) in [6.07, 6.45) is 6.89. The van der Waals surface area contributed by atoms with Crippen molar-refractivity contribution < 1.29 is 13.2 Å². The van der Waals surface area contributed by atoms with E-state index in [9.17, 15) is 13.2 Å². The molecule has 6 nitrogen and oxygen atoms in total. The van der Waals surface area contributed by atoms with Crippen LogP contribution in [0.5, 0.6) is 0 Å². The molecule has 1 aromatic rings. The van der Waals surface area contributed by atoms with Crippen molar-refractivity contribution in [1.82, 2.24) is 8.87 Å². The van der Waals surface area contributed by atoms with Gasteiger partial charge in [0.2, 0.25) is 10.0 Å². The van der Waals surface area contributed by atoms with Crippen LogP contribution >= 0.6 is 0 Å². The third-order valence-electron chi connectivity index (χ3n) is 5.43. The van der Waals surface area contributed by atoms with Gasteiger partial charge in [0.1, 0.15) is 10.6 Å². The summed E-state index contributed by atoms with van der Waals surface area (Å²) < 4.78 is 29.4. The number of fused-ring (bicyclic) bond motifs is 1. The number of amides is 1. The Morgan fingerprint density at radius 3 is 2.61 bits per heavy atom. The second kappa shape index (κ2) is 5.94. The number of piperidine rings is 1. The number of nitrogens with two attached hydrogens (primary N) is 1. The van der Waals surface area contributed by atoms with Crippen LogP contribution in [-0.4, -0.2) is 35.8 Å². The van der Waals surface area contributed by atoms with Gasteiger partial charge in [-0.2, -0.15) is 4.31 Å². The monoisotopic (exact) mass is 339 g/mol. The van der Waals surface area contributed by atoms with Crippen LogP contribution in [0.15, 0.2) is 17.2 Å². The fraction of sp³-hybridized carbons (Fsp3) is 0.688. The van der Waals surface area contributed by atoms with Gasteiger partial charge in [0.15, 0.2) is 0 Å². The van der Waals surface area contributed by atoms with Gasteiger partial charge in [-0.15, -0.1) is 0 Å². The summed E-state index contributed by atoms with van der Waals surface area (Å²) in [5.41, 5.74) is 5.53. The number of carbonyl (C=O) groups excluding carboxylic acids is 1. The van der Waals surface area contributed by atoms with Gasteiger partial charge in [-0.25, -0.2) is 8.42 Å². The molecule has 1 amide bonds. The molecule has 2 N–H and O–H groups in total. The van der Waals surface area contributed by atoms with Gasteiger partial charge in [-0.05, 0) is 43.6 Å². The lowest BCUT2D eigenvalue weighted by Gasteiger charge is -2.46. The maximum absolute atomic E-state index is 13.1. The van der Waals surface area contributed by atoms with Gasteiger partial charge >= 0.3 is 0 Å². The summed E-state index contributed by atoms with van der Waals surface area (Å²) in [6, 6.07) is 1.48. The lowest BCUT2D eigenvalue weighted by atomic mass is 9.74. The molecule has 0 spiro atoms. The zero-order chi connectivity index (χ0) is 16.8. The average molecular weight is 339 g/mol. The van der Waals surface area contributed by atoms with Gasteiger partial charge < -0.3 is 10.3 Å². The normalized spacial score (nSPS) is 29.2. The fourth-order valence-electron chi connectivity index (χ4n) is 4.34. The van der Waals surface area contributed by atoms with Crippen LogP contribution in [0.1, 0.15) is 49.5 Å². The number of nitrogens with zero attached hydrogens (tertiary/aromatic N) is 2. The molecular formula is C16H25N3O3S. The molecule has 0 bridgehead atoms. The quantitative estimate of drug-likeness (QED) is 0.910. The van der Waals surface area contributed by atoms with E-state index in [1.165, 1.54) is 23.3 Å². The number of aryl methyl sites for hydroxylation is 1. The first-order valence-electron chi connectivity index (χ1n) is 8.30. The summed E-state index contributed by atoms with van der Waals surface area (Å²) >= 11 is 0. The maximum atomic E-state index is 13.1. The minimum absolute atomic E-state index is 0.0831. The van der Waals surface area contributed by atoms with E-state index in [1.54, 1.807) is 11.4 Å². The van der Waals surface area contributed by atoms with Crippen molar-refractivity contribution in [2.45, 2.75) is 50.0 Å². The van der Waals surface area contributed by atoms with Crippen LogP contribution in [0.4, 0.5) is 0 Å². The van der Waals surface area contributed by atoms with E-state index < -0.39 is 15.9 Å². The van der Waals surface area contributed by atoms with Gasteiger partial charge in [-0.1, -0.05) is 13.3 Å². The molecule has 0 radical (unpaired) electrons. The Morgan fingerprint density at radius 2 is 1.96 bits per heavy atom. The molecule has 0 aromatic carbocycles. The molecule has 7 heteroatoms. The van der Waals surface area contributed by atoms with E-state index in [0.717, 1.165) is 25.7 Å². The Kier molecular flexibility index (Phi) is 4.27. The highest BCUT2D eigenvalue weighted by Gasteiger charge is 2.43. The van der Waals surface area contributed by atoms with Gasteiger partial charge in [0.25, 0.3) is 5.91 Å². The van der Waals surface area contributed by atoms with E-state index in [1.807, 2.05) is 0 Å². The SMILES string of the molecule is C[C@@H]1CCC[C@@H]2CCCN(S(=O)(=O)c3cc(C(N)=O)n(C)c3)[C@@H]21. The first kappa shape index (κ1) is 16.5. The molecule has 3 rings (SSSR count). The van der Waals surface area contributed by atoms with Crippen molar-refractivity contribution in [3.63, 3.8) is 0 Å². The Labute approximate surface area is 137 Å². The van der Waals surface area contributed by atoms with Crippen molar-refractivity contribution in [3.05, 3.63) is 18.0 Å². The lowest BCUT2D eigenvalue weighted by Crippen LogP contribution is -2.52. The first-order chi connectivity index (χ1) is 10.8. The van der Waals surface area contributed by atoms with Crippen LogP contribution in [-0.2, 0) is 17.1 Å². The molecule has 1 aromatic heterocycles. The number of hydrogen-bond acceptors (Lipinski definition) is 3. The minimum atomic E-state index is -3.60. The minimum Gasteiger partial charge on any atom is -0.364 e. The molecule has 1 saturated carbocycles. The summed E-state index contributed by atoms with van der Waals surface area (Å²) in [5.74, 6) is 0.223. The number of rotatable bonds is 3. The number of carbonyl (C=O) groups is 1.